The number of anilines is 2. The van der Waals surface area contributed by atoms with Gasteiger partial charge in [0.05, 0.1) is 31.2 Å². The first kappa shape index (κ1) is 26.0. The number of hydrogen-bond donors (Lipinski definition) is 1. The molecule has 1 N–H and O–H groups in total. The molecule has 0 bridgehead atoms. The molecule has 2 saturated heterocycles. The summed E-state index contributed by atoms with van der Waals surface area (Å²) in [7, 11) is 5.24. The van der Waals surface area contributed by atoms with Crippen LogP contribution in [0.4, 0.5) is 11.4 Å². The summed E-state index contributed by atoms with van der Waals surface area (Å²) in [4.78, 5) is 44.4. The van der Waals surface area contributed by atoms with Crippen LogP contribution in [0.15, 0.2) is 48.5 Å². The maximum atomic E-state index is 13.9. The summed E-state index contributed by atoms with van der Waals surface area (Å²) in [6, 6.07) is 14.2. The molecule has 4 atom stereocenters. The lowest BCUT2D eigenvalue weighted by atomic mass is 9.78. The minimum atomic E-state index is -1.31. The van der Waals surface area contributed by atoms with Gasteiger partial charge in [-0.1, -0.05) is 12.1 Å². The van der Waals surface area contributed by atoms with Crippen molar-refractivity contribution in [2.45, 2.75) is 24.9 Å². The van der Waals surface area contributed by atoms with Crippen LogP contribution in [0.25, 0.3) is 0 Å². The van der Waals surface area contributed by atoms with Crippen LogP contribution in [0.3, 0.4) is 0 Å². The number of amides is 2. The summed E-state index contributed by atoms with van der Waals surface area (Å²) in [6.45, 7) is 2.41. The second-order valence-corrected chi connectivity index (χ2v) is 10.2. The zero-order valence-corrected chi connectivity index (χ0v) is 22.1. The van der Waals surface area contributed by atoms with Crippen molar-refractivity contribution in [3.05, 3.63) is 54.1 Å². The van der Waals surface area contributed by atoms with Gasteiger partial charge in [0.2, 0.25) is 11.8 Å². The van der Waals surface area contributed by atoms with Gasteiger partial charge in [-0.3, -0.25) is 19.7 Å². The standard InChI is InChI=1S/C27H33N3O5S/c1-6-35-20-13-11-19(12-14-20)30-24(31)21-22(25(30)32)27(15-16-36-5,26(33)34-4)28-23(21)17-7-9-18(10-8-17)29(2)3/h7-14,21-23,28H,6,15-16H2,1-5H3. The van der Waals surface area contributed by atoms with Gasteiger partial charge in [-0.2, -0.15) is 11.8 Å². The van der Waals surface area contributed by atoms with E-state index in [4.69, 9.17) is 9.47 Å². The molecule has 0 aromatic heterocycles. The first-order valence-electron chi connectivity index (χ1n) is 12.0. The first-order chi connectivity index (χ1) is 17.3. The van der Waals surface area contributed by atoms with Crippen LogP contribution < -0.4 is 19.9 Å². The van der Waals surface area contributed by atoms with Gasteiger partial charge in [-0.15, -0.1) is 0 Å². The molecule has 4 rings (SSSR count). The number of nitrogens with one attached hydrogen (secondary N) is 1. The van der Waals surface area contributed by atoms with Crippen molar-refractivity contribution in [3.8, 4) is 5.75 Å². The molecule has 36 heavy (non-hydrogen) atoms. The number of carbonyl (C=O) groups is 3. The Balaban J connectivity index is 1.80. The van der Waals surface area contributed by atoms with Crippen molar-refractivity contribution < 1.29 is 23.9 Å². The van der Waals surface area contributed by atoms with E-state index in [0.717, 1.165) is 11.3 Å². The molecule has 2 aliphatic heterocycles. The summed E-state index contributed by atoms with van der Waals surface area (Å²) < 4.78 is 10.7. The molecular weight excluding hydrogens is 478 g/mol. The normalized spacial score (nSPS) is 25.1. The van der Waals surface area contributed by atoms with Crippen LogP contribution in [0.1, 0.15) is 24.9 Å². The second-order valence-electron chi connectivity index (χ2n) is 9.26. The topological polar surface area (TPSA) is 88.2 Å². The number of benzene rings is 2. The third kappa shape index (κ3) is 4.35. The zero-order valence-electron chi connectivity index (χ0n) is 21.3. The summed E-state index contributed by atoms with van der Waals surface area (Å²) in [5.74, 6) is -1.57. The number of imide groups is 1. The average Bonchev–Trinajstić information content (AvgIpc) is 3.37. The minimum absolute atomic E-state index is 0.321. The van der Waals surface area contributed by atoms with Crippen molar-refractivity contribution in [2.24, 2.45) is 11.8 Å². The van der Waals surface area contributed by atoms with Crippen molar-refractivity contribution in [1.29, 1.82) is 0 Å². The van der Waals surface area contributed by atoms with Crippen molar-refractivity contribution >= 4 is 40.9 Å². The fraction of sp³-hybridized carbons (Fsp3) is 0.444. The Hall–Kier alpha value is -3.04. The van der Waals surface area contributed by atoms with Gasteiger partial charge in [0.1, 0.15) is 11.3 Å². The molecule has 9 heteroatoms. The van der Waals surface area contributed by atoms with E-state index >= 15 is 0 Å². The molecule has 2 heterocycles. The van der Waals surface area contributed by atoms with Gasteiger partial charge in [0, 0.05) is 25.8 Å². The van der Waals surface area contributed by atoms with Crippen LogP contribution in [0.2, 0.25) is 0 Å². The fourth-order valence-electron chi connectivity index (χ4n) is 5.35. The van der Waals surface area contributed by atoms with E-state index in [1.807, 2.05) is 56.4 Å². The maximum absolute atomic E-state index is 13.9. The summed E-state index contributed by atoms with van der Waals surface area (Å²) in [5, 5.41) is 3.43. The van der Waals surface area contributed by atoms with Gasteiger partial charge >= 0.3 is 5.97 Å². The van der Waals surface area contributed by atoms with E-state index in [0.29, 0.717) is 30.2 Å². The number of fused-ring (bicyclic) bond motifs is 1. The highest BCUT2D eigenvalue weighted by molar-refractivity contribution is 7.98. The maximum Gasteiger partial charge on any atom is 0.326 e. The number of hydrogen-bond acceptors (Lipinski definition) is 8. The molecule has 2 aromatic rings. The van der Waals surface area contributed by atoms with Crippen LogP contribution in [-0.2, 0) is 19.1 Å². The molecule has 2 aromatic carbocycles. The van der Waals surface area contributed by atoms with Gasteiger partial charge in [0.25, 0.3) is 0 Å². The predicted octanol–water partition coefficient (Wildman–Crippen LogP) is 3.27. The first-order valence-corrected chi connectivity index (χ1v) is 13.4. The van der Waals surface area contributed by atoms with Crippen LogP contribution in [0.5, 0.6) is 5.75 Å². The summed E-state index contributed by atoms with van der Waals surface area (Å²) >= 11 is 1.58. The lowest BCUT2D eigenvalue weighted by Gasteiger charge is -2.32. The average molecular weight is 512 g/mol. The highest BCUT2D eigenvalue weighted by Gasteiger charge is 2.68. The molecule has 0 radical (unpaired) electrons. The van der Waals surface area contributed by atoms with Crippen LogP contribution in [0, 0.1) is 11.8 Å². The van der Waals surface area contributed by atoms with E-state index in [9.17, 15) is 14.4 Å². The molecule has 8 nitrogen and oxygen atoms in total. The van der Waals surface area contributed by atoms with E-state index in [1.54, 1.807) is 36.0 Å². The van der Waals surface area contributed by atoms with Crippen molar-refractivity contribution in [2.75, 3.05) is 49.6 Å². The fourth-order valence-corrected chi connectivity index (χ4v) is 5.87. The van der Waals surface area contributed by atoms with Crippen molar-refractivity contribution in [3.63, 3.8) is 0 Å². The number of carbonyl (C=O) groups excluding carboxylic acids is 3. The zero-order chi connectivity index (χ0) is 26.0. The Bertz CT molecular complexity index is 1120. The third-order valence-corrected chi connectivity index (χ3v) is 7.69. The predicted molar refractivity (Wildman–Crippen MR) is 141 cm³/mol. The molecule has 2 amide bonds. The Labute approximate surface area is 216 Å². The molecule has 0 spiro atoms. The smallest absolute Gasteiger partial charge is 0.326 e. The minimum Gasteiger partial charge on any atom is -0.494 e. The van der Waals surface area contributed by atoms with E-state index in [2.05, 4.69) is 5.32 Å². The molecule has 4 unspecified atom stereocenters. The van der Waals surface area contributed by atoms with E-state index in [1.165, 1.54) is 12.0 Å². The number of ether oxygens (including phenoxy) is 2. The highest BCUT2D eigenvalue weighted by atomic mass is 32.2. The third-order valence-electron chi connectivity index (χ3n) is 7.08. The van der Waals surface area contributed by atoms with Gasteiger partial charge < -0.3 is 14.4 Å². The second kappa shape index (κ2) is 10.5. The number of esters is 1. The SMILES string of the molecule is CCOc1ccc(N2C(=O)C3C(c4ccc(N(C)C)cc4)NC(CCSC)(C(=O)OC)C3C2=O)cc1. The molecular formula is C27H33N3O5S. The number of thioether (sulfide) groups is 1. The van der Waals surface area contributed by atoms with E-state index in [-0.39, 0.29) is 11.8 Å². The van der Waals surface area contributed by atoms with Crippen LogP contribution in [-0.4, -0.2) is 63.1 Å². The summed E-state index contributed by atoms with van der Waals surface area (Å²) in [5.41, 5.74) is 1.02. The lowest BCUT2D eigenvalue weighted by molar-refractivity contribution is -0.152. The van der Waals surface area contributed by atoms with Gasteiger partial charge in [-0.05, 0) is 67.3 Å². The lowest BCUT2D eigenvalue weighted by Crippen LogP contribution is -2.56. The van der Waals surface area contributed by atoms with Gasteiger partial charge in [-0.25, -0.2) is 4.90 Å². The molecule has 0 aliphatic carbocycles. The van der Waals surface area contributed by atoms with Gasteiger partial charge in [0.15, 0.2) is 0 Å². The molecule has 192 valence electrons. The Morgan fingerprint density at radius 3 is 2.31 bits per heavy atom. The Morgan fingerprint density at radius 2 is 1.75 bits per heavy atom. The Kier molecular flexibility index (Phi) is 7.61. The van der Waals surface area contributed by atoms with Crippen LogP contribution >= 0.6 is 11.8 Å². The van der Waals surface area contributed by atoms with E-state index < -0.39 is 29.4 Å². The van der Waals surface area contributed by atoms with Crippen molar-refractivity contribution in [1.82, 2.24) is 5.32 Å². The monoisotopic (exact) mass is 511 g/mol. The number of rotatable bonds is 9. The molecule has 2 fully saturated rings. The molecule has 0 saturated carbocycles. The quantitative estimate of drug-likeness (QED) is 0.406. The number of nitrogens with zero attached hydrogens (tertiary/aromatic N) is 2. The number of methoxy groups -OCH3 is 1. The molecule has 2 aliphatic rings. The highest BCUT2D eigenvalue weighted by Crippen LogP contribution is 2.51. The largest absolute Gasteiger partial charge is 0.494 e. The Morgan fingerprint density at radius 1 is 1.08 bits per heavy atom. The summed E-state index contributed by atoms with van der Waals surface area (Å²) in [6.07, 6.45) is 2.31.